The molecule has 7 heteroatoms. The van der Waals surface area contributed by atoms with Crippen molar-refractivity contribution in [3.8, 4) is 0 Å². The number of carbonyl (C=O) groups is 1. The van der Waals surface area contributed by atoms with E-state index in [4.69, 9.17) is 5.73 Å². The summed E-state index contributed by atoms with van der Waals surface area (Å²) in [5.74, 6) is -0.418. The molecule has 1 aromatic rings. The van der Waals surface area contributed by atoms with Crippen LogP contribution in [0.1, 0.15) is 20.3 Å². The molecular formula is C8H14N4O2S. The molecule has 1 amide bonds. The summed E-state index contributed by atoms with van der Waals surface area (Å²) in [7, 11) is 0. The third kappa shape index (κ3) is 2.85. The Morgan fingerprint density at radius 1 is 1.73 bits per heavy atom. The molecule has 84 valence electrons. The Kier molecular flexibility index (Phi) is 3.96. The van der Waals surface area contributed by atoms with Gasteiger partial charge in [-0.1, -0.05) is 18.7 Å². The van der Waals surface area contributed by atoms with E-state index in [1.807, 2.05) is 6.92 Å². The minimum Gasteiger partial charge on any atom is -0.369 e. The molecule has 0 unspecified atom stereocenters. The van der Waals surface area contributed by atoms with Crippen LogP contribution in [0.4, 0.5) is 0 Å². The lowest BCUT2D eigenvalue weighted by atomic mass is 10.5. The van der Waals surface area contributed by atoms with Gasteiger partial charge in [0.2, 0.25) is 5.91 Å². The molecule has 0 aliphatic carbocycles. The monoisotopic (exact) mass is 230 g/mol. The number of thioether (sulfide) groups is 1. The topological polar surface area (TPSA) is 93.8 Å². The summed E-state index contributed by atoms with van der Waals surface area (Å²) in [5.41, 5.74) is 4.88. The van der Waals surface area contributed by atoms with Crippen LogP contribution in [-0.4, -0.2) is 25.9 Å². The molecule has 0 aliphatic rings. The number of nitrogens with one attached hydrogen (secondary N) is 1. The summed E-state index contributed by atoms with van der Waals surface area (Å²) in [5, 5.41) is 6.30. The highest BCUT2D eigenvalue weighted by Gasteiger charge is 2.15. The van der Waals surface area contributed by atoms with Crippen molar-refractivity contribution in [2.24, 2.45) is 5.73 Å². The molecule has 1 aromatic heterocycles. The van der Waals surface area contributed by atoms with Crippen LogP contribution in [0, 0.1) is 0 Å². The van der Waals surface area contributed by atoms with Gasteiger partial charge in [0.1, 0.15) is 0 Å². The van der Waals surface area contributed by atoms with Crippen LogP contribution in [0.5, 0.6) is 0 Å². The summed E-state index contributed by atoms with van der Waals surface area (Å²) in [6, 6.07) is 0. The summed E-state index contributed by atoms with van der Waals surface area (Å²) in [4.78, 5) is 22.2. The zero-order chi connectivity index (χ0) is 11.4. The highest BCUT2D eigenvalue weighted by atomic mass is 32.2. The first-order valence-corrected chi connectivity index (χ1v) is 5.55. The van der Waals surface area contributed by atoms with E-state index in [0.29, 0.717) is 11.7 Å². The van der Waals surface area contributed by atoms with Crippen molar-refractivity contribution in [2.45, 2.75) is 37.2 Å². The van der Waals surface area contributed by atoms with Crippen molar-refractivity contribution in [3.05, 3.63) is 10.5 Å². The number of H-pyrrole nitrogens is 1. The van der Waals surface area contributed by atoms with E-state index in [-0.39, 0.29) is 5.69 Å². The van der Waals surface area contributed by atoms with E-state index < -0.39 is 11.2 Å². The Morgan fingerprint density at radius 3 is 2.93 bits per heavy atom. The van der Waals surface area contributed by atoms with Gasteiger partial charge in [-0.15, -0.1) is 5.10 Å². The second kappa shape index (κ2) is 5.01. The lowest BCUT2D eigenvalue weighted by Gasteiger charge is -2.06. The van der Waals surface area contributed by atoms with E-state index in [1.54, 1.807) is 6.92 Å². The molecule has 0 bridgehead atoms. The molecule has 1 atom stereocenters. The van der Waals surface area contributed by atoms with Crippen LogP contribution in [-0.2, 0) is 11.3 Å². The Hall–Kier alpha value is -1.24. The maximum atomic E-state index is 11.3. The second-order valence-electron chi connectivity index (χ2n) is 3.13. The fraction of sp³-hybridized carbons (Fsp3) is 0.625. The quantitative estimate of drug-likeness (QED) is 0.693. The Morgan fingerprint density at radius 2 is 2.40 bits per heavy atom. The van der Waals surface area contributed by atoms with E-state index in [2.05, 4.69) is 10.2 Å². The number of rotatable bonds is 5. The minimum absolute atomic E-state index is 0.254. The molecule has 0 aromatic carbocycles. The van der Waals surface area contributed by atoms with E-state index >= 15 is 0 Å². The average molecular weight is 230 g/mol. The third-order valence-corrected chi connectivity index (χ3v) is 2.96. The highest BCUT2D eigenvalue weighted by Crippen LogP contribution is 2.19. The lowest BCUT2D eigenvalue weighted by Crippen LogP contribution is -2.24. The standard InChI is InChI=1S/C8H14N4O2S/c1-3-4-12-7(14)10-11-8(12)15-5(2)6(9)13/h5H,3-4H2,1-2H3,(H2,9,13)(H,10,14)/t5-/m0/s1. The molecule has 1 heterocycles. The van der Waals surface area contributed by atoms with Crippen molar-refractivity contribution < 1.29 is 4.79 Å². The lowest BCUT2D eigenvalue weighted by molar-refractivity contribution is -0.117. The number of carbonyl (C=O) groups excluding carboxylic acids is 1. The smallest absolute Gasteiger partial charge is 0.343 e. The van der Waals surface area contributed by atoms with Crippen LogP contribution in [0.15, 0.2) is 9.95 Å². The van der Waals surface area contributed by atoms with Gasteiger partial charge in [-0.05, 0) is 13.3 Å². The van der Waals surface area contributed by atoms with Crippen molar-refractivity contribution in [2.75, 3.05) is 0 Å². The summed E-state index contributed by atoms with van der Waals surface area (Å²) in [6.45, 7) is 4.23. The molecule has 0 radical (unpaired) electrons. The van der Waals surface area contributed by atoms with Crippen LogP contribution in [0.2, 0.25) is 0 Å². The summed E-state index contributed by atoms with van der Waals surface area (Å²) >= 11 is 1.19. The number of nitrogens with zero attached hydrogens (tertiary/aromatic N) is 2. The molecule has 1 rings (SSSR count). The van der Waals surface area contributed by atoms with Gasteiger partial charge in [-0.2, -0.15) is 0 Å². The second-order valence-corrected chi connectivity index (χ2v) is 4.43. The number of hydrogen-bond acceptors (Lipinski definition) is 4. The zero-order valence-corrected chi connectivity index (χ0v) is 9.50. The maximum absolute atomic E-state index is 11.3. The van der Waals surface area contributed by atoms with Crippen LogP contribution in [0.25, 0.3) is 0 Å². The molecule has 6 nitrogen and oxygen atoms in total. The van der Waals surface area contributed by atoms with E-state index in [9.17, 15) is 9.59 Å². The van der Waals surface area contributed by atoms with Crippen molar-refractivity contribution in [3.63, 3.8) is 0 Å². The van der Waals surface area contributed by atoms with E-state index in [1.165, 1.54) is 16.3 Å². The van der Waals surface area contributed by atoms with Crippen molar-refractivity contribution in [1.82, 2.24) is 14.8 Å². The minimum atomic E-state index is -0.418. The Labute approximate surface area is 91.2 Å². The summed E-state index contributed by atoms with van der Waals surface area (Å²) < 4.78 is 1.50. The van der Waals surface area contributed by atoms with Gasteiger partial charge in [-0.3, -0.25) is 9.36 Å². The SMILES string of the molecule is CCCn1c(S[C@@H](C)C(N)=O)n[nH]c1=O. The normalized spacial score (nSPS) is 12.7. The third-order valence-electron chi connectivity index (χ3n) is 1.85. The predicted molar refractivity (Wildman–Crippen MR) is 57.7 cm³/mol. The molecular weight excluding hydrogens is 216 g/mol. The van der Waals surface area contributed by atoms with Crippen LogP contribution in [0.3, 0.4) is 0 Å². The Bertz CT molecular complexity index is 398. The fourth-order valence-corrected chi connectivity index (χ4v) is 1.86. The number of aromatic amines is 1. The van der Waals surface area contributed by atoms with E-state index in [0.717, 1.165) is 6.42 Å². The van der Waals surface area contributed by atoms with Gasteiger partial charge in [0, 0.05) is 6.54 Å². The van der Waals surface area contributed by atoms with Gasteiger partial charge in [0.15, 0.2) is 5.16 Å². The molecule has 0 fully saturated rings. The fourth-order valence-electron chi connectivity index (χ4n) is 1.03. The zero-order valence-electron chi connectivity index (χ0n) is 8.69. The van der Waals surface area contributed by atoms with Gasteiger partial charge >= 0.3 is 5.69 Å². The molecule has 0 spiro atoms. The highest BCUT2D eigenvalue weighted by molar-refractivity contribution is 8.00. The first kappa shape index (κ1) is 11.8. The number of aromatic nitrogens is 3. The summed E-state index contributed by atoms with van der Waals surface area (Å²) in [6.07, 6.45) is 0.831. The first-order chi connectivity index (χ1) is 7.06. The maximum Gasteiger partial charge on any atom is 0.343 e. The molecule has 3 N–H and O–H groups in total. The Balaban J connectivity index is 2.85. The number of primary amides is 1. The largest absolute Gasteiger partial charge is 0.369 e. The predicted octanol–water partition coefficient (Wildman–Crippen LogP) is -0.0527. The average Bonchev–Trinajstić information content (AvgIpc) is 2.50. The number of hydrogen-bond donors (Lipinski definition) is 2. The first-order valence-electron chi connectivity index (χ1n) is 4.67. The van der Waals surface area contributed by atoms with Crippen LogP contribution < -0.4 is 11.4 Å². The van der Waals surface area contributed by atoms with Gasteiger partial charge in [0.25, 0.3) is 0 Å². The van der Waals surface area contributed by atoms with Gasteiger partial charge < -0.3 is 5.73 Å². The number of nitrogens with two attached hydrogens (primary N) is 1. The van der Waals surface area contributed by atoms with Crippen molar-refractivity contribution in [1.29, 1.82) is 0 Å². The van der Waals surface area contributed by atoms with Gasteiger partial charge in [-0.25, -0.2) is 9.89 Å². The number of amides is 1. The molecule has 0 saturated heterocycles. The van der Waals surface area contributed by atoms with Crippen molar-refractivity contribution >= 4 is 17.7 Å². The molecule has 0 saturated carbocycles. The van der Waals surface area contributed by atoms with Crippen LogP contribution >= 0.6 is 11.8 Å². The van der Waals surface area contributed by atoms with Gasteiger partial charge in [0.05, 0.1) is 5.25 Å². The molecule has 0 aliphatic heterocycles. The molecule has 15 heavy (non-hydrogen) atoms.